The van der Waals surface area contributed by atoms with Crippen LogP contribution in [0.5, 0.6) is 0 Å². The fourth-order valence-corrected chi connectivity index (χ4v) is 3.54. The fraction of sp³-hybridized carbons (Fsp3) is 0.286. The van der Waals surface area contributed by atoms with Crippen molar-refractivity contribution < 1.29 is 0 Å². The van der Waals surface area contributed by atoms with Gasteiger partial charge >= 0.3 is 0 Å². The lowest BCUT2D eigenvalue weighted by molar-refractivity contribution is 0.247. The van der Waals surface area contributed by atoms with E-state index < -0.39 is 0 Å². The lowest BCUT2D eigenvalue weighted by Crippen LogP contribution is -2.29. The Bertz CT molecular complexity index is 715. The van der Waals surface area contributed by atoms with Gasteiger partial charge in [-0.25, -0.2) is 9.97 Å². The Morgan fingerprint density at radius 3 is 3.26 bits per heavy atom. The number of hydrogen-bond donors (Lipinski definition) is 0. The van der Waals surface area contributed by atoms with E-state index >= 15 is 0 Å². The van der Waals surface area contributed by atoms with E-state index in [1.54, 1.807) is 11.3 Å². The molecular formula is C14H14N4S. The molecule has 0 atom stereocenters. The molecule has 0 radical (unpaired) electrons. The van der Waals surface area contributed by atoms with Gasteiger partial charge in [-0.05, 0) is 6.07 Å². The average molecular weight is 270 g/mol. The second-order valence-corrected chi connectivity index (χ2v) is 5.81. The van der Waals surface area contributed by atoms with Gasteiger partial charge in [0.15, 0.2) is 0 Å². The molecule has 4 rings (SSSR count). The number of nitrogens with zero attached hydrogens (tertiary/aromatic N) is 4. The zero-order valence-corrected chi connectivity index (χ0v) is 11.3. The second-order valence-electron chi connectivity index (χ2n) is 4.87. The standard InChI is InChI=1S/C14H14N4S/c1-2-11(14-15-4-7-18(14)5-1)8-17-6-3-12-13(9-17)19-10-16-12/h1-2,4-5,7,10H,3,6,8-9H2. The molecule has 0 N–H and O–H groups in total. The van der Waals surface area contributed by atoms with Gasteiger partial charge in [-0.15, -0.1) is 11.3 Å². The molecule has 0 bridgehead atoms. The molecule has 4 heterocycles. The highest BCUT2D eigenvalue weighted by molar-refractivity contribution is 7.09. The third-order valence-electron chi connectivity index (χ3n) is 3.65. The Labute approximate surface area is 115 Å². The maximum atomic E-state index is 4.45. The van der Waals surface area contributed by atoms with E-state index in [-0.39, 0.29) is 0 Å². The Morgan fingerprint density at radius 1 is 1.26 bits per heavy atom. The van der Waals surface area contributed by atoms with Crippen LogP contribution >= 0.6 is 11.3 Å². The van der Waals surface area contributed by atoms with Crippen LogP contribution in [0.1, 0.15) is 16.1 Å². The third-order valence-corrected chi connectivity index (χ3v) is 4.51. The molecule has 0 unspecified atom stereocenters. The number of imidazole rings is 1. The SMILES string of the molecule is c1cc(CN2CCc3ncsc3C2)c2nccn2c1. The Kier molecular flexibility index (Phi) is 2.60. The van der Waals surface area contributed by atoms with Crippen molar-refractivity contribution in [1.29, 1.82) is 0 Å². The lowest BCUT2D eigenvalue weighted by atomic mass is 10.1. The van der Waals surface area contributed by atoms with Crippen molar-refractivity contribution in [3.63, 3.8) is 0 Å². The molecule has 1 aliphatic rings. The van der Waals surface area contributed by atoms with Crippen LogP contribution in [0, 0.1) is 0 Å². The highest BCUT2D eigenvalue weighted by Crippen LogP contribution is 2.23. The molecule has 0 aromatic carbocycles. The number of aromatic nitrogens is 3. The summed E-state index contributed by atoms with van der Waals surface area (Å²) in [5, 5.41) is 0. The molecule has 0 amide bonds. The number of rotatable bonds is 2. The van der Waals surface area contributed by atoms with E-state index in [4.69, 9.17) is 0 Å². The second kappa shape index (κ2) is 4.43. The Balaban J connectivity index is 1.61. The van der Waals surface area contributed by atoms with Crippen molar-refractivity contribution >= 4 is 17.0 Å². The van der Waals surface area contributed by atoms with Crippen LogP contribution in [0.3, 0.4) is 0 Å². The van der Waals surface area contributed by atoms with Gasteiger partial charge in [0.1, 0.15) is 5.65 Å². The molecule has 19 heavy (non-hydrogen) atoms. The maximum Gasteiger partial charge on any atom is 0.141 e. The minimum atomic E-state index is 0.957. The number of thiazole rings is 1. The van der Waals surface area contributed by atoms with E-state index in [1.165, 1.54) is 16.1 Å². The predicted molar refractivity (Wildman–Crippen MR) is 75.1 cm³/mol. The summed E-state index contributed by atoms with van der Waals surface area (Å²) in [6.07, 6.45) is 6.96. The van der Waals surface area contributed by atoms with Gasteiger partial charge in [0.05, 0.1) is 11.2 Å². The zero-order valence-electron chi connectivity index (χ0n) is 10.5. The zero-order chi connectivity index (χ0) is 12.7. The topological polar surface area (TPSA) is 33.4 Å². The summed E-state index contributed by atoms with van der Waals surface area (Å²) < 4.78 is 2.08. The Hall–Kier alpha value is -1.72. The molecule has 3 aromatic heterocycles. The van der Waals surface area contributed by atoms with E-state index in [0.29, 0.717) is 0 Å². The first-order chi connectivity index (χ1) is 9.40. The van der Waals surface area contributed by atoms with Crippen LogP contribution < -0.4 is 0 Å². The van der Waals surface area contributed by atoms with Crippen molar-refractivity contribution in [2.45, 2.75) is 19.5 Å². The monoisotopic (exact) mass is 270 g/mol. The first-order valence-corrected chi connectivity index (χ1v) is 7.32. The van der Waals surface area contributed by atoms with Crippen LogP contribution in [0.15, 0.2) is 36.2 Å². The van der Waals surface area contributed by atoms with Crippen LogP contribution in [-0.2, 0) is 19.5 Å². The van der Waals surface area contributed by atoms with Gasteiger partial charge in [0.2, 0.25) is 0 Å². The predicted octanol–water partition coefficient (Wildman–Crippen LogP) is 2.35. The molecule has 0 spiro atoms. The van der Waals surface area contributed by atoms with Crippen molar-refractivity contribution in [3.8, 4) is 0 Å². The summed E-state index contributed by atoms with van der Waals surface area (Å²) in [6, 6.07) is 4.26. The van der Waals surface area contributed by atoms with Crippen molar-refractivity contribution in [1.82, 2.24) is 19.3 Å². The largest absolute Gasteiger partial charge is 0.307 e. The minimum Gasteiger partial charge on any atom is -0.307 e. The number of pyridine rings is 1. The smallest absolute Gasteiger partial charge is 0.141 e. The van der Waals surface area contributed by atoms with Crippen molar-refractivity contribution in [2.75, 3.05) is 6.54 Å². The van der Waals surface area contributed by atoms with E-state index in [9.17, 15) is 0 Å². The molecule has 0 fully saturated rings. The van der Waals surface area contributed by atoms with Gasteiger partial charge in [-0.3, -0.25) is 4.90 Å². The highest BCUT2D eigenvalue weighted by Gasteiger charge is 2.19. The van der Waals surface area contributed by atoms with Gasteiger partial charge in [-0.2, -0.15) is 0 Å². The van der Waals surface area contributed by atoms with Gasteiger partial charge < -0.3 is 4.40 Å². The molecule has 0 saturated heterocycles. The summed E-state index contributed by atoms with van der Waals surface area (Å²) in [6.45, 7) is 3.05. The fourth-order valence-electron chi connectivity index (χ4n) is 2.68. The third kappa shape index (κ3) is 1.95. The van der Waals surface area contributed by atoms with Gasteiger partial charge in [0, 0.05) is 55.1 Å². The normalized spacial score (nSPS) is 15.8. The maximum absolute atomic E-state index is 4.45. The van der Waals surface area contributed by atoms with Crippen LogP contribution in [0.25, 0.3) is 5.65 Å². The molecule has 4 nitrogen and oxygen atoms in total. The summed E-state index contributed by atoms with van der Waals surface area (Å²) >= 11 is 1.77. The van der Waals surface area contributed by atoms with Crippen molar-refractivity contribution in [3.05, 3.63) is 52.4 Å². The Morgan fingerprint density at radius 2 is 2.26 bits per heavy atom. The minimum absolute atomic E-state index is 0.957. The molecule has 0 saturated carbocycles. The van der Waals surface area contributed by atoms with Gasteiger partial charge in [0.25, 0.3) is 0 Å². The molecule has 0 aliphatic carbocycles. The summed E-state index contributed by atoms with van der Waals surface area (Å²) in [4.78, 5) is 12.8. The van der Waals surface area contributed by atoms with Crippen LogP contribution in [0.2, 0.25) is 0 Å². The first kappa shape index (κ1) is 11.1. The quantitative estimate of drug-likeness (QED) is 0.716. The molecule has 96 valence electrons. The summed E-state index contributed by atoms with van der Waals surface area (Å²) in [5.74, 6) is 0. The molecule has 5 heteroatoms. The van der Waals surface area contributed by atoms with E-state index in [0.717, 1.165) is 31.7 Å². The molecule has 1 aliphatic heterocycles. The summed E-state index contributed by atoms with van der Waals surface area (Å²) in [5.41, 5.74) is 5.61. The first-order valence-electron chi connectivity index (χ1n) is 6.44. The number of hydrogen-bond acceptors (Lipinski definition) is 4. The molecule has 3 aromatic rings. The van der Waals surface area contributed by atoms with E-state index in [1.807, 2.05) is 24.1 Å². The van der Waals surface area contributed by atoms with Crippen molar-refractivity contribution in [2.24, 2.45) is 0 Å². The summed E-state index contributed by atoms with van der Waals surface area (Å²) in [7, 11) is 0. The van der Waals surface area contributed by atoms with Crippen LogP contribution in [0.4, 0.5) is 0 Å². The molecular weight excluding hydrogens is 256 g/mol. The lowest BCUT2D eigenvalue weighted by Gasteiger charge is -2.26. The highest BCUT2D eigenvalue weighted by atomic mass is 32.1. The van der Waals surface area contributed by atoms with E-state index in [2.05, 4.69) is 31.4 Å². The van der Waals surface area contributed by atoms with Crippen LogP contribution in [-0.4, -0.2) is 25.8 Å². The number of fused-ring (bicyclic) bond motifs is 2. The van der Waals surface area contributed by atoms with Gasteiger partial charge in [-0.1, -0.05) is 6.07 Å². The average Bonchev–Trinajstić information content (AvgIpc) is 3.06.